The second-order valence-corrected chi connectivity index (χ2v) is 14.3. The maximum Gasteiger partial charge on any atom is 0.328 e. The normalized spacial score (nSPS) is 36.9. The van der Waals surface area contributed by atoms with Crippen molar-refractivity contribution in [1.82, 2.24) is 0 Å². The van der Waals surface area contributed by atoms with Crippen molar-refractivity contribution in [1.29, 1.82) is 0 Å². The SMILES string of the molecule is CC1CC2CC(C1)CC(C)(C(=O)OC1C3OC(=O)C(C(=O)Oc4c(C(C)C)cc(S)cc4C(C)C)C1OC3C)C2. The van der Waals surface area contributed by atoms with E-state index in [1.165, 1.54) is 6.42 Å². The zero-order valence-corrected chi connectivity index (χ0v) is 25.7. The van der Waals surface area contributed by atoms with Crippen LogP contribution in [-0.4, -0.2) is 42.3 Å². The summed E-state index contributed by atoms with van der Waals surface area (Å²) >= 11 is 4.55. The maximum absolute atomic E-state index is 13.7. The van der Waals surface area contributed by atoms with E-state index in [0.717, 1.165) is 41.7 Å². The summed E-state index contributed by atoms with van der Waals surface area (Å²) in [6.07, 6.45) is 1.99. The van der Waals surface area contributed by atoms with Crippen LogP contribution in [-0.2, 0) is 28.6 Å². The molecule has 7 nitrogen and oxygen atoms in total. The molecule has 2 heterocycles. The first kappa shape index (κ1) is 29.4. The van der Waals surface area contributed by atoms with Gasteiger partial charge in [0.25, 0.3) is 0 Å². The third-order valence-corrected chi connectivity index (χ3v) is 9.76. The highest BCUT2D eigenvalue weighted by Gasteiger charge is 2.61. The van der Waals surface area contributed by atoms with Crippen molar-refractivity contribution in [2.24, 2.45) is 29.1 Å². The third-order valence-electron chi connectivity index (χ3n) is 9.50. The van der Waals surface area contributed by atoms with Gasteiger partial charge in [0.05, 0.1) is 11.5 Å². The van der Waals surface area contributed by atoms with Crippen LogP contribution in [0.25, 0.3) is 0 Å². The average Bonchev–Trinajstić information content (AvgIpc) is 3.04. The molecule has 0 N–H and O–H groups in total. The zero-order valence-electron chi connectivity index (χ0n) is 24.8. The van der Waals surface area contributed by atoms with Gasteiger partial charge < -0.3 is 18.9 Å². The highest BCUT2D eigenvalue weighted by atomic mass is 32.1. The number of rotatable bonds is 6. The molecule has 4 aliphatic rings. The standard InChI is InChI=1S/C32H44O7S/c1-15(2)22-11-21(40)12-23(16(3)4)26(22)38-30(34)24-27-28(25(18(6)36-27)37-29(24)33)39-31(35)32(7)13-19-8-17(5)9-20(10-19)14-32/h11-12,15-20,24-25,27-28,40H,8-10,13-14H2,1-7H3. The van der Waals surface area contributed by atoms with Crippen LogP contribution in [0, 0.1) is 29.1 Å². The Hall–Kier alpha value is -2.06. The molecular weight excluding hydrogens is 528 g/mol. The molecule has 0 radical (unpaired) electrons. The summed E-state index contributed by atoms with van der Waals surface area (Å²) in [7, 11) is 0. The minimum atomic E-state index is -1.35. The van der Waals surface area contributed by atoms with E-state index >= 15 is 0 Å². The van der Waals surface area contributed by atoms with Gasteiger partial charge in [-0.3, -0.25) is 14.4 Å². The van der Waals surface area contributed by atoms with Crippen molar-refractivity contribution < 1.29 is 33.3 Å². The monoisotopic (exact) mass is 572 g/mol. The predicted molar refractivity (Wildman–Crippen MR) is 152 cm³/mol. The maximum atomic E-state index is 13.7. The summed E-state index contributed by atoms with van der Waals surface area (Å²) in [5, 5.41) is 0. The van der Waals surface area contributed by atoms with Crippen molar-refractivity contribution in [2.45, 2.75) is 122 Å². The van der Waals surface area contributed by atoms with Crippen molar-refractivity contribution in [3.8, 4) is 5.75 Å². The fraction of sp³-hybridized carbons (Fsp3) is 0.719. The summed E-state index contributed by atoms with van der Waals surface area (Å²) in [6, 6.07) is 3.77. The summed E-state index contributed by atoms with van der Waals surface area (Å²) in [5.41, 5.74) is 1.07. The lowest BCUT2D eigenvalue weighted by molar-refractivity contribution is -0.194. The van der Waals surface area contributed by atoms with Crippen LogP contribution < -0.4 is 4.74 Å². The van der Waals surface area contributed by atoms with E-state index < -0.39 is 47.7 Å². The van der Waals surface area contributed by atoms with E-state index in [1.807, 2.05) is 46.8 Å². The number of fused-ring (bicyclic) bond motifs is 4. The van der Waals surface area contributed by atoms with Gasteiger partial charge in [-0.2, -0.15) is 0 Å². The molecule has 7 unspecified atom stereocenters. The zero-order chi connectivity index (χ0) is 29.1. The Balaban J connectivity index is 1.38. The van der Waals surface area contributed by atoms with Gasteiger partial charge in [-0.1, -0.05) is 34.6 Å². The van der Waals surface area contributed by atoms with Gasteiger partial charge in [0, 0.05) is 4.90 Å². The van der Waals surface area contributed by atoms with Gasteiger partial charge in [0.1, 0.15) is 11.9 Å². The second-order valence-electron chi connectivity index (χ2n) is 13.8. The molecule has 0 spiro atoms. The first-order chi connectivity index (χ1) is 18.8. The van der Waals surface area contributed by atoms with E-state index in [9.17, 15) is 14.4 Å². The molecule has 4 fully saturated rings. The van der Waals surface area contributed by atoms with E-state index in [2.05, 4.69) is 19.6 Å². The molecule has 40 heavy (non-hydrogen) atoms. The van der Waals surface area contributed by atoms with Crippen LogP contribution in [0.4, 0.5) is 0 Å². The molecule has 1 aromatic carbocycles. The quantitative estimate of drug-likeness (QED) is 0.187. The van der Waals surface area contributed by atoms with Crippen LogP contribution >= 0.6 is 12.6 Å². The Morgan fingerprint density at radius 1 is 0.975 bits per heavy atom. The third kappa shape index (κ3) is 5.42. The summed E-state index contributed by atoms with van der Waals surface area (Å²) in [6.45, 7) is 14.1. The van der Waals surface area contributed by atoms with Crippen molar-refractivity contribution >= 4 is 30.5 Å². The number of thiol groups is 1. The lowest BCUT2D eigenvalue weighted by atomic mass is 9.59. The number of carbonyl (C=O) groups is 3. The van der Waals surface area contributed by atoms with E-state index in [4.69, 9.17) is 18.9 Å². The Labute approximate surface area is 243 Å². The van der Waals surface area contributed by atoms with E-state index in [0.29, 0.717) is 23.5 Å². The number of benzene rings is 1. The molecular formula is C32H44O7S. The first-order valence-electron chi connectivity index (χ1n) is 14.9. The topological polar surface area (TPSA) is 88.1 Å². The van der Waals surface area contributed by atoms with Crippen LogP contribution in [0.15, 0.2) is 17.0 Å². The molecule has 2 saturated heterocycles. The summed E-state index contributed by atoms with van der Waals surface area (Å²) in [4.78, 5) is 41.3. The molecule has 7 atom stereocenters. The van der Waals surface area contributed by atoms with Gasteiger partial charge in [0.2, 0.25) is 0 Å². The van der Waals surface area contributed by atoms with Crippen molar-refractivity contribution in [3.63, 3.8) is 0 Å². The number of hydrogen-bond acceptors (Lipinski definition) is 8. The Bertz CT molecular complexity index is 1130. The van der Waals surface area contributed by atoms with Gasteiger partial charge in [-0.25, -0.2) is 0 Å². The summed E-state index contributed by atoms with van der Waals surface area (Å²) in [5.74, 6) is -0.801. The Kier molecular flexibility index (Phi) is 8.07. The highest BCUT2D eigenvalue weighted by molar-refractivity contribution is 7.80. The molecule has 2 aliphatic carbocycles. The number of hydrogen-bond donors (Lipinski definition) is 1. The minimum absolute atomic E-state index is 0.0604. The second kappa shape index (κ2) is 11.0. The molecule has 2 aliphatic heterocycles. The number of carbonyl (C=O) groups excluding carboxylic acids is 3. The first-order valence-corrected chi connectivity index (χ1v) is 15.4. The smallest absolute Gasteiger partial charge is 0.328 e. The number of ether oxygens (including phenoxy) is 4. The van der Waals surface area contributed by atoms with Crippen LogP contribution in [0.1, 0.15) is 104 Å². The van der Waals surface area contributed by atoms with Crippen LogP contribution in [0.5, 0.6) is 5.75 Å². The Morgan fingerprint density at radius 3 is 2.10 bits per heavy atom. The fourth-order valence-electron chi connectivity index (χ4n) is 7.81. The molecule has 0 aromatic heterocycles. The molecule has 8 heteroatoms. The lowest BCUT2D eigenvalue weighted by Gasteiger charge is -2.46. The van der Waals surface area contributed by atoms with Crippen molar-refractivity contribution in [2.75, 3.05) is 0 Å². The molecule has 2 saturated carbocycles. The van der Waals surface area contributed by atoms with Gasteiger partial charge in [-0.15, -0.1) is 12.6 Å². The van der Waals surface area contributed by atoms with Gasteiger partial charge in [-0.05, 0) is 98.8 Å². The van der Waals surface area contributed by atoms with E-state index in [1.54, 1.807) is 6.92 Å². The fourth-order valence-corrected chi connectivity index (χ4v) is 8.09. The average molecular weight is 573 g/mol. The lowest BCUT2D eigenvalue weighted by Crippen LogP contribution is -2.55. The largest absolute Gasteiger partial charge is 0.455 e. The molecule has 5 rings (SSSR count). The van der Waals surface area contributed by atoms with Crippen LogP contribution in [0.2, 0.25) is 0 Å². The van der Waals surface area contributed by atoms with Gasteiger partial charge >= 0.3 is 17.9 Å². The molecule has 0 amide bonds. The molecule has 1 aromatic rings. The summed E-state index contributed by atoms with van der Waals surface area (Å²) < 4.78 is 23.9. The highest BCUT2D eigenvalue weighted by Crippen LogP contribution is 2.51. The molecule has 4 bridgehead atoms. The Morgan fingerprint density at radius 2 is 1.55 bits per heavy atom. The van der Waals surface area contributed by atoms with E-state index in [-0.39, 0.29) is 17.8 Å². The van der Waals surface area contributed by atoms with Crippen molar-refractivity contribution in [3.05, 3.63) is 23.3 Å². The van der Waals surface area contributed by atoms with Crippen LogP contribution in [0.3, 0.4) is 0 Å². The minimum Gasteiger partial charge on any atom is -0.455 e. The predicted octanol–water partition coefficient (Wildman–Crippen LogP) is 6.22. The molecule has 220 valence electrons. The number of esters is 3. The van der Waals surface area contributed by atoms with Gasteiger partial charge in [0.15, 0.2) is 18.1 Å².